The van der Waals surface area contributed by atoms with Gasteiger partial charge >= 0.3 is 0 Å². The number of benzene rings is 1. The molecule has 1 saturated heterocycles. The largest absolute Gasteiger partial charge is 0.315 e. The average Bonchev–Trinajstić information content (AvgIpc) is 2.73. The minimum absolute atomic E-state index is 0.153. The smallest absolute Gasteiger partial charge is 0.243 e. The Morgan fingerprint density at radius 2 is 2.24 bits per heavy atom. The zero-order chi connectivity index (χ0) is 12.5. The molecule has 94 valence electrons. The number of rotatable bonds is 3. The molecule has 6 heteroatoms. The first-order valence-corrected chi connectivity index (χ1v) is 6.96. The Morgan fingerprint density at radius 3 is 2.88 bits per heavy atom. The zero-order valence-electron chi connectivity index (χ0n) is 9.53. The number of hydrogen-bond donors (Lipinski definition) is 2. The van der Waals surface area contributed by atoms with Gasteiger partial charge in [0.25, 0.3) is 0 Å². The van der Waals surface area contributed by atoms with Gasteiger partial charge in [-0.3, -0.25) is 0 Å². The van der Waals surface area contributed by atoms with E-state index in [2.05, 4.69) is 10.0 Å². The van der Waals surface area contributed by atoms with Gasteiger partial charge in [-0.25, -0.2) is 17.5 Å². The SMILES string of the molecule is Cc1ccc(F)c(S(=O)(=O)N[C@@H]2CCNC2)c1. The van der Waals surface area contributed by atoms with Gasteiger partial charge in [-0.05, 0) is 37.6 Å². The van der Waals surface area contributed by atoms with E-state index in [1.54, 1.807) is 13.0 Å². The summed E-state index contributed by atoms with van der Waals surface area (Å²) in [6.07, 6.45) is 0.729. The van der Waals surface area contributed by atoms with Crippen molar-refractivity contribution in [3.8, 4) is 0 Å². The van der Waals surface area contributed by atoms with Crippen LogP contribution in [-0.2, 0) is 10.0 Å². The van der Waals surface area contributed by atoms with Crippen molar-refractivity contribution in [1.29, 1.82) is 0 Å². The highest BCUT2D eigenvalue weighted by Gasteiger charge is 2.25. The Labute approximate surface area is 100 Å². The first kappa shape index (κ1) is 12.5. The van der Waals surface area contributed by atoms with Gasteiger partial charge in [0, 0.05) is 12.6 Å². The van der Waals surface area contributed by atoms with Gasteiger partial charge in [0.05, 0.1) is 0 Å². The molecule has 1 fully saturated rings. The summed E-state index contributed by atoms with van der Waals surface area (Å²) in [6.45, 7) is 3.10. The van der Waals surface area contributed by atoms with Crippen molar-refractivity contribution in [2.24, 2.45) is 0 Å². The third-order valence-electron chi connectivity index (χ3n) is 2.76. The van der Waals surface area contributed by atoms with Crippen molar-refractivity contribution in [1.82, 2.24) is 10.0 Å². The van der Waals surface area contributed by atoms with Gasteiger partial charge in [-0.15, -0.1) is 0 Å². The molecule has 0 spiro atoms. The maximum Gasteiger partial charge on any atom is 0.243 e. The average molecular weight is 258 g/mol. The molecular formula is C11H15FN2O2S. The Kier molecular flexibility index (Phi) is 3.46. The maximum atomic E-state index is 13.5. The minimum Gasteiger partial charge on any atom is -0.315 e. The molecule has 2 rings (SSSR count). The van der Waals surface area contributed by atoms with Crippen LogP contribution in [0.25, 0.3) is 0 Å². The number of hydrogen-bond acceptors (Lipinski definition) is 3. The Balaban J connectivity index is 2.27. The third kappa shape index (κ3) is 2.83. The third-order valence-corrected chi connectivity index (χ3v) is 4.29. The molecule has 1 aromatic carbocycles. The standard InChI is InChI=1S/C11H15FN2O2S/c1-8-2-3-10(12)11(6-8)17(15,16)14-9-4-5-13-7-9/h2-3,6,9,13-14H,4-5,7H2,1H3/t9-/m1/s1. The molecule has 0 unspecified atom stereocenters. The van der Waals surface area contributed by atoms with Crippen molar-refractivity contribution < 1.29 is 12.8 Å². The van der Waals surface area contributed by atoms with Gasteiger partial charge < -0.3 is 5.32 Å². The minimum atomic E-state index is -3.76. The highest BCUT2D eigenvalue weighted by Crippen LogP contribution is 2.17. The van der Waals surface area contributed by atoms with E-state index in [1.165, 1.54) is 12.1 Å². The summed E-state index contributed by atoms with van der Waals surface area (Å²) in [5.41, 5.74) is 0.719. The molecule has 0 bridgehead atoms. The molecule has 1 aliphatic rings. The lowest BCUT2D eigenvalue weighted by Crippen LogP contribution is -2.36. The summed E-state index contributed by atoms with van der Waals surface area (Å²) in [5, 5.41) is 3.05. The van der Waals surface area contributed by atoms with Crippen LogP contribution >= 0.6 is 0 Å². The summed E-state index contributed by atoms with van der Waals surface area (Å²) >= 11 is 0. The lowest BCUT2D eigenvalue weighted by molar-refractivity contribution is 0.542. The summed E-state index contributed by atoms with van der Waals surface area (Å²) in [6, 6.07) is 3.92. The number of aryl methyl sites for hydroxylation is 1. The molecule has 0 saturated carbocycles. The lowest BCUT2D eigenvalue weighted by Gasteiger charge is -2.12. The van der Waals surface area contributed by atoms with Crippen LogP contribution in [0.15, 0.2) is 23.1 Å². The van der Waals surface area contributed by atoms with Crippen LogP contribution in [-0.4, -0.2) is 27.5 Å². The summed E-state index contributed by atoms with van der Waals surface area (Å²) < 4.78 is 40.0. The first-order chi connectivity index (χ1) is 7.99. The highest BCUT2D eigenvalue weighted by molar-refractivity contribution is 7.89. The molecule has 0 aromatic heterocycles. The summed E-state index contributed by atoms with van der Waals surface area (Å²) in [7, 11) is -3.76. The van der Waals surface area contributed by atoms with Crippen LogP contribution < -0.4 is 10.0 Å². The van der Waals surface area contributed by atoms with Crippen LogP contribution in [0.1, 0.15) is 12.0 Å². The van der Waals surface area contributed by atoms with E-state index in [0.29, 0.717) is 6.54 Å². The van der Waals surface area contributed by atoms with Crippen LogP contribution in [0.3, 0.4) is 0 Å². The van der Waals surface area contributed by atoms with Gasteiger partial charge in [-0.1, -0.05) is 6.07 Å². The number of sulfonamides is 1. The second-order valence-electron chi connectivity index (χ2n) is 4.24. The summed E-state index contributed by atoms with van der Waals surface area (Å²) in [4.78, 5) is -0.274. The van der Waals surface area contributed by atoms with Crippen molar-refractivity contribution >= 4 is 10.0 Å². The van der Waals surface area contributed by atoms with Crippen molar-refractivity contribution in [3.05, 3.63) is 29.6 Å². The zero-order valence-corrected chi connectivity index (χ0v) is 10.3. The van der Waals surface area contributed by atoms with E-state index >= 15 is 0 Å². The Bertz CT molecular complexity index is 510. The van der Waals surface area contributed by atoms with Crippen molar-refractivity contribution in [2.45, 2.75) is 24.3 Å². The van der Waals surface area contributed by atoms with Crippen molar-refractivity contribution in [2.75, 3.05) is 13.1 Å². The monoisotopic (exact) mass is 258 g/mol. The molecule has 1 aromatic rings. The topological polar surface area (TPSA) is 58.2 Å². The van der Waals surface area contributed by atoms with E-state index < -0.39 is 15.8 Å². The Morgan fingerprint density at radius 1 is 1.47 bits per heavy atom. The second kappa shape index (κ2) is 4.72. The molecule has 1 heterocycles. The maximum absolute atomic E-state index is 13.5. The van der Waals surface area contributed by atoms with Gasteiger partial charge in [-0.2, -0.15) is 0 Å². The quantitative estimate of drug-likeness (QED) is 0.842. The predicted molar refractivity (Wildman–Crippen MR) is 62.7 cm³/mol. The van der Waals surface area contributed by atoms with Crippen LogP contribution in [0, 0.1) is 12.7 Å². The lowest BCUT2D eigenvalue weighted by atomic mass is 10.2. The van der Waals surface area contributed by atoms with Crippen molar-refractivity contribution in [3.63, 3.8) is 0 Å². The van der Waals surface area contributed by atoms with E-state index in [0.717, 1.165) is 18.5 Å². The second-order valence-corrected chi connectivity index (χ2v) is 5.93. The van der Waals surface area contributed by atoms with E-state index in [4.69, 9.17) is 0 Å². The molecule has 2 N–H and O–H groups in total. The van der Waals surface area contributed by atoms with Crippen LogP contribution in [0.4, 0.5) is 4.39 Å². The Hall–Kier alpha value is -0.980. The molecular weight excluding hydrogens is 243 g/mol. The van der Waals surface area contributed by atoms with Gasteiger partial charge in [0.2, 0.25) is 10.0 Å². The summed E-state index contributed by atoms with van der Waals surface area (Å²) in [5.74, 6) is -0.714. The fraction of sp³-hybridized carbons (Fsp3) is 0.455. The highest BCUT2D eigenvalue weighted by atomic mass is 32.2. The molecule has 4 nitrogen and oxygen atoms in total. The van der Waals surface area contributed by atoms with E-state index in [1.807, 2.05) is 0 Å². The fourth-order valence-corrected chi connectivity index (χ4v) is 3.29. The van der Waals surface area contributed by atoms with Gasteiger partial charge in [0.1, 0.15) is 10.7 Å². The number of nitrogens with one attached hydrogen (secondary N) is 2. The molecule has 17 heavy (non-hydrogen) atoms. The number of halogens is 1. The van der Waals surface area contributed by atoms with Crippen LogP contribution in [0.5, 0.6) is 0 Å². The molecule has 1 aliphatic heterocycles. The molecule has 0 amide bonds. The van der Waals surface area contributed by atoms with E-state index in [-0.39, 0.29) is 10.9 Å². The fourth-order valence-electron chi connectivity index (χ4n) is 1.85. The first-order valence-electron chi connectivity index (χ1n) is 5.48. The normalized spacial score (nSPS) is 20.7. The van der Waals surface area contributed by atoms with E-state index in [9.17, 15) is 12.8 Å². The molecule has 0 aliphatic carbocycles. The molecule has 0 radical (unpaired) electrons. The van der Waals surface area contributed by atoms with Crippen LogP contribution in [0.2, 0.25) is 0 Å². The predicted octanol–water partition coefficient (Wildman–Crippen LogP) is 0.774. The van der Waals surface area contributed by atoms with Gasteiger partial charge in [0.15, 0.2) is 0 Å². The molecule has 1 atom stereocenters.